The molecule has 0 spiro atoms. The van der Waals surface area contributed by atoms with Gasteiger partial charge in [-0.05, 0) is 46.4 Å². The molecule has 7 heteroatoms. The van der Waals surface area contributed by atoms with E-state index in [2.05, 4.69) is 15.9 Å². The van der Waals surface area contributed by atoms with Crippen molar-refractivity contribution in [1.82, 2.24) is 4.90 Å². The first kappa shape index (κ1) is 20.9. The zero-order valence-corrected chi connectivity index (χ0v) is 16.7. The Labute approximate surface area is 158 Å². The molecular weight excluding hydrogens is 394 g/mol. The summed E-state index contributed by atoms with van der Waals surface area (Å²) in [5.74, 6) is -0.842. The SMILES string of the molecule is CN(CC(C)(C)CN)C(=O)C1CCN(c2ccccc2Br)C1=O.Cl. The van der Waals surface area contributed by atoms with Gasteiger partial charge >= 0.3 is 0 Å². The second-order valence-corrected chi connectivity index (χ2v) is 7.70. The van der Waals surface area contributed by atoms with Crippen LogP contribution < -0.4 is 10.6 Å². The summed E-state index contributed by atoms with van der Waals surface area (Å²) in [5.41, 5.74) is 6.39. The first-order valence-electron chi connectivity index (χ1n) is 7.78. The van der Waals surface area contributed by atoms with Crippen molar-refractivity contribution >= 4 is 45.8 Å². The molecule has 24 heavy (non-hydrogen) atoms. The topological polar surface area (TPSA) is 66.6 Å². The number of amides is 2. The highest BCUT2D eigenvalue weighted by molar-refractivity contribution is 9.10. The lowest BCUT2D eigenvalue weighted by atomic mass is 9.92. The van der Waals surface area contributed by atoms with Gasteiger partial charge in [-0.15, -0.1) is 12.4 Å². The van der Waals surface area contributed by atoms with Gasteiger partial charge < -0.3 is 15.5 Å². The normalized spacial score (nSPS) is 17.6. The van der Waals surface area contributed by atoms with Crippen LogP contribution >= 0.6 is 28.3 Å². The zero-order valence-electron chi connectivity index (χ0n) is 14.3. The summed E-state index contributed by atoms with van der Waals surface area (Å²) < 4.78 is 0.860. The van der Waals surface area contributed by atoms with Crippen molar-refractivity contribution < 1.29 is 9.59 Å². The fourth-order valence-electron chi connectivity index (χ4n) is 2.87. The summed E-state index contributed by atoms with van der Waals surface area (Å²) in [6.07, 6.45) is 0.548. The third-order valence-electron chi connectivity index (χ3n) is 4.24. The van der Waals surface area contributed by atoms with Crippen LogP contribution in [0.1, 0.15) is 20.3 Å². The molecule has 1 aromatic carbocycles. The van der Waals surface area contributed by atoms with Gasteiger partial charge in [-0.1, -0.05) is 26.0 Å². The van der Waals surface area contributed by atoms with E-state index in [0.717, 1.165) is 10.2 Å². The number of anilines is 1. The molecule has 2 N–H and O–H groups in total. The van der Waals surface area contributed by atoms with Crippen molar-refractivity contribution in [3.05, 3.63) is 28.7 Å². The van der Waals surface area contributed by atoms with Gasteiger partial charge in [0.15, 0.2) is 0 Å². The molecular formula is C17H25BrClN3O2. The fourth-order valence-corrected chi connectivity index (χ4v) is 3.37. The van der Waals surface area contributed by atoms with Gasteiger partial charge in [0.05, 0.1) is 5.69 Å². The van der Waals surface area contributed by atoms with E-state index in [4.69, 9.17) is 5.73 Å². The summed E-state index contributed by atoms with van der Waals surface area (Å²) in [6.45, 7) is 5.63. The molecule has 0 aliphatic carbocycles. The molecule has 5 nitrogen and oxygen atoms in total. The van der Waals surface area contributed by atoms with E-state index in [0.29, 0.717) is 26.1 Å². The Morgan fingerprint density at radius 1 is 1.42 bits per heavy atom. The van der Waals surface area contributed by atoms with E-state index in [-0.39, 0.29) is 29.6 Å². The van der Waals surface area contributed by atoms with Crippen molar-refractivity contribution in [2.45, 2.75) is 20.3 Å². The number of benzene rings is 1. The van der Waals surface area contributed by atoms with Crippen molar-refractivity contribution in [3.63, 3.8) is 0 Å². The zero-order chi connectivity index (χ0) is 17.2. The van der Waals surface area contributed by atoms with Gasteiger partial charge in [0.2, 0.25) is 11.8 Å². The third-order valence-corrected chi connectivity index (χ3v) is 4.91. The predicted octanol–water partition coefficient (Wildman–Crippen LogP) is 2.67. The molecule has 0 aromatic heterocycles. The number of rotatable bonds is 5. The Balaban J connectivity index is 0.00000288. The van der Waals surface area contributed by atoms with E-state index in [1.807, 2.05) is 38.1 Å². The standard InChI is InChI=1S/C17H24BrN3O2.ClH/c1-17(2,10-19)11-20(3)15(22)12-8-9-21(16(12)23)14-7-5-4-6-13(14)18;/h4-7,12H,8-11,19H2,1-3H3;1H. The molecule has 1 heterocycles. The lowest BCUT2D eigenvalue weighted by molar-refractivity contribution is -0.139. The second-order valence-electron chi connectivity index (χ2n) is 6.85. The predicted molar refractivity (Wildman–Crippen MR) is 102 cm³/mol. The maximum absolute atomic E-state index is 12.7. The van der Waals surface area contributed by atoms with Crippen molar-refractivity contribution in [3.8, 4) is 0 Å². The molecule has 0 bridgehead atoms. The van der Waals surface area contributed by atoms with E-state index in [1.54, 1.807) is 16.8 Å². The monoisotopic (exact) mass is 417 g/mol. The van der Waals surface area contributed by atoms with Gasteiger partial charge in [0, 0.05) is 24.6 Å². The third kappa shape index (κ3) is 4.49. The quantitative estimate of drug-likeness (QED) is 0.748. The minimum atomic E-state index is -0.597. The van der Waals surface area contributed by atoms with Crippen LogP contribution in [0.3, 0.4) is 0 Å². The van der Waals surface area contributed by atoms with Gasteiger partial charge in [-0.3, -0.25) is 9.59 Å². The van der Waals surface area contributed by atoms with Gasteiger partial charge in [0.25, 0.3) is 0 Å². The van der Waals surface area contributed by atoms with Crippen LogP contribution in [-0.2, 0) is 9.59 Å². The van der Waals surface area contributed by atoms with Crippen LogP contribution in [0, 0.1) is 11.3 Å². The largest absolute Gasteiger partial charge is 0.344 e. The van der Waals surface area contributed by atoms with E-state index in [1.165, 1.54) is 0 Å². The molecule has 0 radical (unpaired) electrons. The van der Waals surface area contributed by atoms with Crippen molar-refractivity contribution in [2.75, 3.05) is 31.6 Å². The lowest BCUT2D eigenvalue weighted by Crippen LogP contribution is -2.44. The minimum absolute atomic E-state index is 0. The lowest BCUT2D eigenvalue weighted by Gasteiger charge is -2.30. The molecule has 1 atom stereocenters. The summed E-state index contributed by atoms with van der Waals surface area (Å²) in [5, 5.41) is 0. The fraction of sp³-hybridized carbons (Fsp3) is 0.529. The van der Waals surface area contributed by atoms with Crippen molar-refractivity contribution in [1.29, 1.82) is 0 Å². The van der Waals surface area contributed by atoms with Gasteiger partial charge in [0.1, 0.15) is 5.92 Å². The first-order valence-corrected chi connectivity index (χ1v) is 8.57. The summed E-state index contributed by atoms with van der Waals surface area (Å²) >= 11 is 3.47. The second kappa shape index (κ2) is 8.32. The highest BCUT2D eigenvalue weighted by Crippen LogP contribution is 2.32. The maximum atomic E-state index is 12.7. The van der Waals surface area contributed by atoms with E-state index in [9.17, 15) is 9.59 Å². The number of para-hydroxylation sites is 1. The average molecular weight is 419 g/mol. The van der Waals surface area contributed by atoms with Gasteiger partial charge in [-0.2, -0.15) is 0 Å². The maximum Gasteiger partial charge on any atom is 0.239 e. The highest BCUT2D eigenvalue weighted by atomic mass is 79.9. The summed E-state index contributed by atoms with van der Waals surface area (Å²) in [7, 11) is 1.74. The Morgan fingerprint density at radius 2 is 2.04 bits per heavy atom. The van der Waals surface area contributed by atoms with Crippen molar-refractivity contribution in [2.24, 2.45) is 17.1 Å². The summed E-state index contributed by atoms with van der Waals surface area (Å²) in [6, 6.07) is 7.57. The number of nitrogens with zero attached hydrogens (tertiary/aromatic N) is 2. The molecule has 1 aliphatic heterocycles. The minimum Gasteiger partial charge on any atom is -0.344 e. The Hall–Kier alpha value is -1.11. The highest BCUT2D eigenvalue weighted by Gasteiger charge is 2.40. The molecule has 1 aliphatic rings. The molecule has 0 saturated carbocycles. The Kier molecular flexibility index (Phi) is 7.25. The number of hydrogen-bond acceptors (Lipinski definition) is 3. The number of hydrogen-bond donors (Lipinski definition) is 1. The smallest absolute Gasteiger partial charge is 0.239 e. The Bertz CT molecular complexity index is 609. The molecule has 1 fully saturated rings. The van der Waals surface area contributed by atoms with Crippen LogP contribution in [0.4, 0.5) is 5.69 Å². The van der Waals surface area contributed by atoms with E-state index >= 15 is 0 Å². The molecule has 1 saturated heterocycles. The Morgan fingerprint density at radius 3 is 2.62 bits per heavy atom. The molecule has 134 valence electrons. The molecule has 2 rings (SSSR count). The number of nitrogens with two attached hydrogens (primary N) is 1. The molecule has 2 amide bonds. The van der Waals surface area contributed by atoms with Crippen LogP contribution in [-0.4, -0.2) is 43.4 Å². The van der Waals surface area contributed by atoms with E-state index < -0.39 is 5.92 Å². The number of halogens is 2. The van der Waals surface area contributed by atoms with Crippen LogP contribution in [0.25, 0.3) is 0 Å². The average Bonchev–Trinajstić information content (AvgIpc) is 2.88. The van der Waals surface area contributed by atoms with Crippen LogP contribution in [0.15, 0.2) is 28.7 Å². The molecule has 1 aromatic rings. The van der Waals surface area contributed by atoms with Crippen LogP contribution in [0.5, 0.6) is 0 Å². The number of carbonyl (C=O) groups excluding carboxylic acids is 2. The molecule has 1 unspecified atom stereocenters. The van der Waals surface area contributed by atoms with Gasteiger partial charge in [-0.25, -0.2) is 0 Å². The summed E-state index contributed by atoms with van der Waals surface area (Å²) in [4.78, 5) is 28.6. The number of carbonyl (C=O) groups is 2. The first-order chi connectivity index (χ1) is 10.8. The van der Waals surface area contributed by atoms with Crippen LogP contribution in [0.2, 0.25) is 0 Å².